The van der Waals surface area contributed by atoms with Crippen molar-refractivity contribution in [3.63, 3.8) is 0 Å². The van der Waals surface area contributed by atoms with Gasteiger partial charge in [-0.15, -0.1) is 6.58 Å². The van der Waals surface area contributed by atoms with Gasteiger partial charge in [0.25, 0.3) is 5.91 Å². The highest BCUT2D eigenvalue weighted by Gasteiger charge is 2.33. The summed E-state index contributed by atoms with van der Waals surface area (Å²) in [5.41, 5.74) is 4.63. The summed E-state index contributed by atoms with van der Waals surface area (Å²) in [6.45, 7) is 15.6. The molecule has 1 saturated heterocycles. The smallest absolute Gasteiger partial charge is 0.325 e. The maximum atomic E-state index is 13.1. The Hall–Kier alpha value is -3.56. The van der Waals surface area contributed by atoms with Crippen LogP contribution in [0.1, 0.15) is 70.7 Å². The molecule has 2 amide bonds. The molecule has 216 valence electrons. The number of nitrogens with zero attached hydrogens (tertiary/aromatic N) is 2. The normalized spacial score (nSPS) is 17.6. The van der Waals surface area contributed by atoms with Gasteiger partial charge in [-0.1, -0.05) is 38.6 Å². The van der Waals surface area contributed by atoms with E-state index in [0.29, 0.717) is 26.0 Å². The van der Waals surface area contributed by atoms with Crippen LogP contribution in [0.4, 0.5) is 0 Å². The molecule has 1 aromatic carbocycles. The molecule has 9 nitrogen and oxygen atoms in total. The number of pyridine rings is 1. The van der Waals surface area contributed by atoms with Crippen molar-refractivity contribution in [2.24, 2.45) is 5.92 Å². The second kappa shape index (κ2) is 14.7. The van der Waals surface area contributed by atoms with Crippen LogP contribution in [0.25, 0.3) is 16.8 Å². The van der Waals surface area contributed by atoms with E-state index in [4.69, 9.17) is 9.47 Å². The summed E-state index contributed by atoms with van der Waals surface area (Å²) in [7, 11) is 0. The van der Waals surface area contributed by atoms with Gasteiger partial charge in [0, 0.05) is 24.7 Å². The SMILES string of the molecule is C=CCCCOC(C(=O)N[C@@H](C)C(=O)N1CCC[C@@H](C(=O)O[C@H](C)c2ccc3cnc(C=C)cc3c2)N1)C(C)C. The summed E-state index contributed by atoms with van der Waals surface area (Å²) in [5, 5.41) is 6.15. The molecule has 1 aliphatic rings. The van der Waals surface area contributed by atoms with Crippen molar-refractivity contribution in [1.29, 1.82) is 0 Å². The van der Waals surface area contributed by atoms with E-state index in [-0.39, 0.29) is 17.7 Å². The number of hydrogen-bond acceptors (Lipinski definition) is 7. The zero-order chi connectivity index (χ0) is 29.2. The van der Waals surface area contributed by atoms with E-state index >= 15 is 0 Å². The van der Waals surface area contributed by atoms with E-state index in [1.54, 1.807) is 19.2 Å². The Morgan fingerprint density at radius 1 is 1.18 bits per heavy atom. The molecule has 1 aliphatic heterocycles. The largest absolute Gasteiger partial charge is 0.457 e. The van der Waals surface area contributed by atoms with Crippen molar-refractivity contribution in [1.82, 2.24) is 20.7 Å². The van der Waals surface area contributed by atoms with E-state index in [2.05, 4.69) is 28.9 Å². The maximum absolute atomic E-state index is 13.1. The Bertz CT molecular complexity index is 1210. The molecule has 1 fully saturated rings. The number of rotatable bonds is 13. The van der Waals surface area contributed by atoms with Gasteiger partial charge < -0.3 is 14.8 Å². The highest BCUT2D eigenvalue weighted by atomic mass is 16.5. The van der Waals surface area contributed by atoms with Crippen molar-refractivity contribution >= 4 is 34.6 Å². The lowest BCUT2D eigenvalue weighted by Gasteiger charge is -2.35. The lowest BCUT2D eigenvalue weighted by molar-refractivity contribution is -0.157. The molecule has 9 heteroatoms. The van der Waals surface area contributed by atoms with E-state index in [0.717, 1.165) is 34.9 Å². The topological polar surface area (TPSA) is 110 Å². The number of hydrogen-bond donors (Lipinski definition) is 2. The number of ether oxygens (including phenoxy) is 2. The molecule has 2 aromatic rings. The third-order valence-corrected chi connectivity index (χ3v) is 6.92. The summed E-state index contributed by atoms with van der Waals surface area (Å²) in [6, 6.07) is 6.31. The first-order valence-corrected chi connectivity index (χ1v) is 14.0. The molecule has 1 aromatic heterocycles. The highest BCUT2D eigenvalue weighted by molar-refractivity contribution is 5.89. The van der Waals surface area contributed by atoms with Crippen molar-refractivity contribution in [3.05, 3.63) is 61.0 Å². The first kappa shape index (κ1) is 31.0. The van der Waals surface area contributed by atoms with Gasteiger partial charge in [0.05, 0.1) is 5.69 Å². The third kappa shape index (κ3) is 8.22. The van der Waals surface area contributed by atoms with Crippen LogP contribution in [0.5, 0.6) is 0 Å². The number of nitrogens with one attached hydrogen (secondary N) is 2. The number of allylic oxidation sites excluding steroid dienone is 1. The van der Waals surface area contributed by atoms with Gasteiger partial charge in [0.1, 0.15) is 24.3 Å². The van der Waals surface area contributed by atoms with Gasteiger partial charge in [0.15, 0.2) is 0 Å². The molecule has 3 rings (SSSR count). The molecule has 1 unspecified atom stereocenters. The Labute approximate surface area is 237 Å². The molecule has 0 spiro atoms. The molecule has 0 radical (unpaired) electrons. The van der Waals surface area contributed by atoms with Crippen LogP contribution in [-0.2, 0) is 23.9 Å². The number of carbonyl (C=O) groups is 3. The van der Waals surface area contributed by atoms with Crippen molar-refractivity contribution in [2.75, 3.05) is 13.2 Å². The number of unbranched alkanes of at least 4 members (excludes halogenated alkanes) is 1. The van der Waals surface area contributed by atoms with Crippen LogP contribution in [0, 0.1) is 5.92 Å². The Morgan fingerprint density at radius 3 is 2.65 bits per heavy atom. The first-order valence-electron chi connectivity index (χ1n) is 14.0. The first-order chi connectivity index (χ1) is 19.1. The quantitative estimate of drug-likeness (QED) is 0.215. The summed E-state index contributed by atoms with van der Waals surface area (Å²) in [4.78, 5) is 43.4. The van der Waals surface area contributed by atoms with E-state index in [1.165, 1.54) is 5.01 Å². The predicted molar refractivity (Wildman–Crippen MR) is 156 cm³/mol. The maximum Gasteiger partial charge on any atom is 0.325 e. The molecule has 0 aliphatic carbocycles. The standard InChI is InChI=1S/C31H42N4O5/c1-7-9-10-16-39-28(20(3)4)29(36)33-21(5)30(37)35-15-11-12-27(34-35)31(38)40-22(6)23-13-14-24-19-32-26(8-2)18-25(24)17-23/h7-8,13-14,17-22,27-28,34H,1-2,9-12,15-16H2,3-6H3,(H,33,36)/t21-,22+,27-,28?/m0/s1. The fourth-order valence-electron chi connectivity index (χ4n) is 4.58. The summed E-state index contributed by atoms with van der Waals surface area (Å²) >= 11 is 0. The van der Waals surface area contributed by atoms with E-state index in [1.807, 2.05) is 51.1 Å². The zero-order valence-corrected chi connectivity index (χ0v) is 24.0. The average molecular weight is 551 g/mol. The number of esters is 1. The van der Waals surface area contributed by atoms with Crippen LogP contribution in [0.3, 0.4) is 0 Å². The van der Waals surface area contributed by atoms with Crippen LogP contribution in [0.15, 0.2) is 49.7 Å². The van der Waals surface area contributed by atoms with Gasteiger partial charge in [0.2, 0.25) is 5.91 Å². The van der Waals surface area contributed by atoms with Crippen molar-refractivity contribution in [2.45, 2.75) is 77.7 Å². The van der Waals surface area contributed by atoms with Gasteiger partial charge >= 0.3 is 5.97 Å². The van der Waals surface area contributed by atoms with Crippen LogP contribution >= 0.6 is 0 Å². The van der Waals surface area contributed by atoms with Crippen molar-refractivity contribution in [3.8, 4) is 0 Å². The predicted octanol–water partition coefficient (Wildman–Crippen LogP) is 4.49. The monoisotopic (exact) mass is 550 g/mol. The minimum Gasteiger partial charge on any atom is -0.457 e. The minimum absolute atomic E-state index is 0.0522. The Morgan fingerprint density at radius 2 is 1.95 bits per heavy atom. The summed E-state index contributed by atoms with van der Waals surface area (Å²) in [6.07, 6.45) is 6.89. The van der Waals surface area contributed by atoms with E-state index < -0.39 is 30.3 Å². The minimum atomic E-state index is -0.792. The fourth-order valence-corrected chi connectivity index (χ4v) is 4.58. The Kier molecular flexibility index (Phi) is 11.4. The lowest BCUT2D eigenvalue weighted by atomic mass is 10.0. The molecule has 40 heavy (non-hydrogen) atoms. The Balaban J connectivity index is 1.56. The van der Waals surface area contributed by atoms with Gasteiger partial charge in [-0.05, 0) is 74.6 Å². The average Bonchev–Trinajstić information content (AvgIpc) is 2.95. The molecular formula is C31H42N4O5. The third-order valence-electron chi connectivity index (χ3n) is 6.92. The van der Waals surface area contributed by atoms with Crippen LogP contribution < -0.4 is 10.7 Å². The molecule has 2 N–H and O–H groups in total. The molecule has 2 heterocycles. The van der Waals surface area contributed by atoms with Crippen molar-refractivity contribution < 1.29 is 23.9 Å². The molecule has 4 atom stereocenters. The number of amides is 2. The summed E-state index contributed by atoms with van der Waals surface area (Å²) in [5.74, 6) is -1.14. The molecule has 0 saturated carbocycles. The molecule has 0 bridgehead atoms. The van der Waals surface area contributed by atoms with Gasteiger partial charge in [-0.3, -0.25) is 24.4 Å². The number of benzene rings is 1. The van der Waals surface area contributed by atoms with Crippen LogP contribution in [0.2, 0.25) is 0 Å². The number of aromatic nitrogens is 1. The summed E-state index contributed by atoms with van der Waals surface area (Å²) < 4.78 is 11.6. The number of hydrazine groups is 1. The van der Waals surface area contributed by atoms with Crippen LogP contribution in [-0.4, -0.2) is 59.1 Å². The van der Waals surface area contributed by atoms with E-state index in [9.17, 15) is 14.4 Å². The second-order valence-electron chi connectivity index (χ2n) is 10.5. The second-order valence-corrected chi connectivity index (χ2v) is 10.5. The molecular weight excluding hydrogens is 508 g/mol. The lowest BCUT2D eigenvalue weighted by Crippen LogP contribution is -2.60. The fraction of sp³-hybridized carbons (Fsp3) is 0.484. The highest BCUT2D eigenvalue weighted by Crippen LogP contribution is 2.24. The number of fused-ring (bicyclic) bond motifs is 1. The number of carbonyl (C=O) groups excluding carboxylic acids is 3. The van der Waals surface area contributed by atoms with Gasteiger partial charge in [-0.25, -0.2) is 5.43 Å². The van der Waals surface area contributed by atoms with Gasteiger partial charge in [-0.2, -0.15) is 0 Å². The zero-order valence-electron chi connectivity index (χ0n) is 24.0.